The van der Waals surface area contributed by atoms with Crippen LogP contribution in [0.15, 0.2) is 53.1 Å². The Morgan fingerprint density at radius 3 is 2.42 bits per heavy atom. The Hall–Kier alpha value is -3.15. The van der Waals surface area contributed by atoms with Gasteiger partial charge in [0.25, 0.3) is 5.91 Å². The van der Waals surface area contributed by atoms with E-state index in [1.807, 2.05) is 38.1 Å². The van der Waals surface area contributed by atoms with Crippen molar-refractivity contribution in [2.45, 2.75) is 20.4 Å². The molecule has 0 unspecified atom stereocenters. The first-order valence-electron chi connectivity index (χ1n) is 7.60. The summed E-state index contributed by atoms with van der Waals surface area (Å²) in [5.41, 5.74) is 3.20. The Morgan fingerprint density at radius 2 is 1.79 bits per heavy atom. The van der Waals surface area contributed by atoms with Gasteiger partial charge in [0.1, 0.15) is 5.76 Å². The smallest absolute Gasteiger partial charge is 0.251 e. The highest BCUT2D eigenvalue weighted by atomic mass is 16.3. The summed E-state index contributed by atoms with van der Waals surface area (Å²) in [6.07, 6.45) is 1.58. The van der Waals surface area contributed by atoms with Crippen molar-refractivity contribution in [3.8, 4) is 0 Å². The maximum absolute atomic E-state index is 12.1. The highest BCUT2D eigenvalue weighted by Crippen LogP contribution is 2.15. The molecule has 2 heterocycles. The molecule has 3 rings (SSSR count). The molecule has 0 aliphatic carbocycles. The van der Waals surface area contributed by atoms with Crippen molar-refractivity contribution in [2.75, 3.05) is 5.32 Å². The van der Waals surface area contributed by atoms with Crippen molar-refractivity contribution in [3.63, 3.8) is 0 Å². The van der Waals surface area contributed by atoms with E-state index in [1.54, 1.807) is 24.5 Å². The summed E-state index contributed by atoms with van der Waals surface area (Å²) >= 11 is 0. The van der Waals surface area contributed by atoms with Crippen LogP contribution < -0.4 is 10.6 Å². The van der Waals surface area contributed by atoms with Gasteiger partial charge in [-0.3, -0.25) is 4.79 Å². The van der Waals surface area contributed by atoms with E-state index in [0.29, 0.717) is 23.8 Å². The van der Waals surface area contributed by atoms with E-state index in [4.69, 9.17) is 4.42 Å². The summed E-state index contributed by atoms with van der Waals surface area (Å²) in [5, 5.41) is 5.94. The van der Waals surface area contributed by atoms with E-state index in [2.05, 4.69) is 20.6 Å². The molecule has 0 atom stereocenters. The SMILES string of the molecule is Cc1cc(C)nc(Nc2ccc(C(=O)NCc3ccco3)cc2)n1. The number of aryl methyl sites for hydroxylation is 2. The quantitative estimate of drug-likeness (QED) is 0.753. The minimum absolute atomic E-state index is 0.152. The van der Waals surface area contributed by atoms with Gasteiger partial charge in [0.05, 0.1) is 12.8 Å². The molecule has 0 spiro atoms. The number of carbonyl (C=O) groups excluding carboxylic acids is 1. The lowest BCUT2D eigenvalue weighted by atomic mass is 10.2. The third kappa shape index (κ3) is 3.98. The zero-order valence-electron chi connectivity index (χ0n) is 13.5. The number of anilines is 2. The molecular formula is C18H18N4O2. The topological polar surface area (TPSA) is 80.0 Å². The summed E-state index contributed by atoms with van der Waals surface area (Å²) < 4.78 is 5.19. The second kappa shape index (κ2) is 6.95. The number of furan rings is 1. The maximum atomic E-state index is 12.1. The molecule has 0 aliphatic rings. The lowest BCUT2D eigenvalue weighted by Gasteiger charge is -2.08. The summed E-state index contributed by atoms with van der Waals surface area (Å²) in [4.78, 5) is 20.8. The lowest BCUT2D eigenvalue weighted by molar-refractivity contribution is 0.0948. The molecule has 2 N–H and O–H groups in total. The number of carbonyl (C=O) groups is 1. The zero-order valence-corrected chi connectivity index (χ0v) is 13.5. The number of rotatable bonds is 5. The molecule has 6 nitrogen and oxygen atoms in total. The van der Waals surface area contributed by atoms with Crippen LogP contribution in [0.4, 0.5) is 11.6 Å². The monoisotopic (exact) mass is 322 g/mol. The number of hydrogen-bond donors (Lipinski definition) is 2. The van der Waals surface area contributed by atoms with Crippen LogP contribution in [0.2, 0.25) is 0 Å². The summed E-state index contributed by atoms with van der Waals surface area (Å²) in [5.74, 6) is 1.11. The van der Waals surface area contributed by atoms with Gasteiger partial charge in [0, 0.05) is 22.6 Å². The Balaban J connectivity index is 1.63. The number of aromatic nitrogens is 2. The van der Waals surface area contributed by atoms with Crippen molar-refractivity contribution in [1.82, 2.24) is 15.3 Å². The van der Waals surface area contributed by atoms with Crippen LogP contribution in [-0.2, 0) is 6.54 Å². The van der Waals surface area contributed by atoms with Gasteiger partial charge in [-0.2, -0.15) is 0 Å². The highest BCUT2D eigenvalue weighted by Gasteiger charge is 2.07. The first kappa shape index (κ1) is 15.7. The fourth-order valence-electron chi connectivity index (χ4n) is 2.30. The second-order valence-electron chi connectivity index (χ2n) is 5.44. The van der Waals surface area contributed by atoms with Gasteiger partial charge in [0.2, 0.25) is 5.95 Å². The van der Waals surface area contributed by atoms with Gasteiger partial charge in [-0.05, 0) is 56.3 Å². The summed E-state index contributed by atoms with van der Waals surface area (Å²) in [7, 11) is 0. The van der Waals surface area contributed by atoms with E-state index in [9.17, 15) is 4.79 Å². The number of amides is 1. The van der Waals surface area contributed by atoms with E-state index in [0.717, 1.165) is 17.1 Å². The van der Waals surface area contributed by atoms with Crippen LogP contribution in [-0.4, -0.2) is 15.9 Å². The number of benzene rings is 1. The average molecular weight is 322 g/mol. The molecular weight excluding hydrogens is 304 g/mol. The zero-order chi connectivity index (χ0) is 16.9. The van der Waals surface area contributed by atoms with Crippen LogP contribution in [0.3, 0.4) is 0 Å². The average Bonchev–Trinajstić information content (AvgIpc) is 3.06. The fourth-order valence-corrected chi connectivity index (χ4v) is 2.30. The molecule has 0 aliphatic heterocycles. The van der Waals surface area contributed by atoms with Crippen LogP contribution in [0.1, 0.15) is 27.5 Å². The summed E-state index contributed by atoms with van der Waals surface area (Å²) in [6.45, 7) is 4.21. The Morgan fingerprint density at radius 1 is 1.08 bits per heavy atom. The third-order valence-electron chi connectivity index (χ3n) is 3.39. The molecule has 0 radical (unpaired) electrons. The molecule has 2 aromatic heterocycles. The van der Waals surface area contributed by atoms with Crippen molar-refractivity contribution in [3.05, 3.63) is 71.4 Å². The van der Waals surface area contributed by atoms with Crippen LogP contribution >= 0.6 is 0 Å². The predicted molar refractivity (Wildman–Crippen MR) is 91.1 cm³/mol. The molecule has 0 saturated carbocycles. The molecule has 24 heavy (non-hydrogen) atoms. The Kier molecular flexibility index (Phi) is 4.56. The molecule has 0 bridgehead atoms. The van der Waals surface area contributed by atoms with Crippen LogP contribution in [0, 0.1) is 13.8 Å². The lowest BCUT2D eigenvalue weighted by Crippen LogP contribution is -2.22. The van der Waals surface area contributed by atoms with Gasteiger partial charge in [0.15, 0.2) is 0 Å². The Bertz CT molecular complexity index is 806. The number of hydrogen-bond acceptors (Lipinski definition) is 5. The minimum atomic E-state index is -0.152. The molecule has 1 aromatic carbocycles. The van der Waals surface area contributed by atoms with Crippen molar-refractivity contribution in [1.29, 1.82) is 0 Å². The van der Waals surface area contributed by atoms with Gasteiger partial charge in [-0.15, -0.1) is 0 Å². The number of nitrogens with zero attached hydrogens (tertiary/aromatic N) is 2. The van der Waals surface area contributed by atoms with Crippen molar-refractivity contribution < 1.29 is 9.21 Å². The van der Waals surface area contributed by atoms with E-state index >= 15 is 0 Å². The molecule has 1 amide bonds. The molecule has 3 aromatic rings. The standard InChI is InChI=1S/C18H18N4O2/c1-12-10-13(2)21-18(20-12)22-15-7-5-14(6-8-15)17(23)19-11-16-4-3-9-24-16/h3-10H,11H2,1-2H3,(H,19,23)(H,20,21,22). The normalized spacial score (nSPS) is 10.4. The van der Waals surface area contributed by atoms with Crippen molar-refractivity contribution in [2.24, 2.45) is 0 Å². The van der Waals surface area contributed by atoms with Crippen molar-refractivity contribution >= 4 is 17.5 Å². The van der Waals surface area contributed by atoms with Crippen LogP contribution in [0.25, 0.3) is 0 Å². The second-order valence-corrected chi connectivity index (χ2v) is 5.44. The first-order chi connectivity index (χ1) is 11.6. The van der Waals surface area contributed by atoms with E-state index in [1.165, 1.54) is 0 Å². The molecule has 6 heteroatoms. The predicted octanol–water partition coefficient (Wildman–Crippen LogP) is 3.36. The third-order valence-corrected chi connectivity index (χ3v) is 3.39. The minimum Gasteiger partial charge on any atom is -0.467 e. The maximum Gasteiger partial charge on any atom is 0.251 e. The summed E-state index contributed by atoms with van der Waals surface area (Å²) in [6, 6.07) is 12.7. The van der Waals surface area contributed by atoms with Gasteiger partial charge >= 0.3 is 0 Å². The van der Waals surface area contributed by atoms with Crippen LogP contribution in [0.5, 0.6) is 0 Å². The Labute approximate surface area is 140 Å². The van der Waals surface area contributed by atoms with Gasteiger partial charge < -0.3 is 15.1 Å². The van der Waals surface area contributed by atoms with Gasteiger partial charge in [-0.25, -0.2) is 9.97 Å². The fraction of sp³-hybridized carbons (Fsp3) is 0.167. The molecule has 0 fully saturated rings. The highest BCUT2D eigenvalue weighted by molar-refractivity contribution is 5.94. The number of nitrogens with one attached hydrogen (secondary N) is 2. The largest absolute Gasteiger partial charge is 0.467 e. The van der Waals surface area contributed by atoms with E-state index < -0.39 is 0 Å². The first-order valence-corrected chi connectivity index (χ1v) is 7.60. The van der Waals surface area contributed by atoms with Gasteiger partial charge in [-0.1, -0.05) is 0 Å². The molecule has 122 valence electrons. The molecule has 0 saturated heterocycles. The van der Waals surface area contributed by atoms with E-state index in [-0.39, 0.29) is 5.91 Å².